The number of nitrogens with one attached hydrogen (secondary N) is 7. The quantitative estimate of drug-likeness (QED) is 0.0121. The first-order chi connectivity index (χ1) is 51.4. The summed E-state index contributed by atoms with van der Waals surface area (Å²) in [6, 6.07) is -4.92. The number of allylic oxidation sites excluding steroid dienone is 8. The summed E-state index contributed by atoms with van der Waals surface area (Å²) in [5.74, 6) is -4.35. The summed E-state index contributed by atoms with van der Waals surface area (Å²) in [7, 11) is 0. The Balaban J connectivity index is 6.21. The first-order valence-electron chi connectivity index (χ1n) is 42.6. The Kier molecular flexibility index (Phi) is 74.3. The van der Waals surface area contributed by atoms with Crippen molar-refractivity contribution >= 4 is 66.2 Å². The van der Waals surface area contributed by atoms with Crippen LogP contribution in [-0.4, -0.2) is 96.9 Å². The minimum absolute atomic E-state index is 0.0950. The van der Waals surface area contributed by atoms with Crippen LogP contribution in [0, 0.1) is 0 Å². The molecule has 0 aliphatic carbocycles. The Bertz CT molecular complexity index is 2360. The molecule has 0 saturated heterocycles. The predicted molar refractivity (Wildman–Crippen MR) is 442 cm³/mol. The lowest BCUT2D eigenvalue weighted by Gasteiger charge is -2.24. The minimum Gasteiger partial charge on any atom is -0.344 e. The molecule has 0 aliphatic rings. The van der Waals surface area contributed by atoms with E-state index in [9.17, 15) is 33.6 Å². The normalized spacial score (nSPS) is 13.2. The van der Waals surface area contributed by atoms with E-state index in [1.54, 1.807) is 24.9 Å². The van der Waals surface area contributed by atoms with Crippen molar-refractivity contribution in [2.45, 2.75) is 418 Å². The molecule has 0 saturated carbocycles. The third-order valence-corrected chi connectivity index (χ3v) is 18.7. The molecule has 105 heavy (non-hydrogen) atoms. The molecule has 0 radical (unpaired) electrons. The molecule has 20 heteroatoms. The number of amides is 7. The highest BCUT2D eigenvalue weighted by Crippen LogP contribution is 2.15. The van der Waals surface area contributed by atoms with Gasteiger partial charge in [0.15, 0.2) is 0 Å². The molecule has 0 aromatic carbocycles. The zero-order valence-electron chi connectivity index (χ0n) is 67.1. The van der Waals surface area contributed by atoms with Crippen LogP contribution in [0.2, 0.25) is 0 Å². The van der Waals surface area contributed by atoms with Crippen LogP contribution >= 0.6 is 0 Å². The summed E-state index contributed by atoms with van der Waals surface area (Å²) < 4.78 is 0. The third-order valence-electron chi connectivity index (χ3n) is 18.7. The number of hydrogen-bond donors (Lipinski definition) is 9. The van der Waals surface area contributed by atoms with Crippen molar-refractivity contribution in [3.63, 3.8) is 0 Å². The van der Waals surface area contributed by atoms with E-state index < -0.39 is 65.5 Å². The predicted octanol–water partition coefficient (Wildman–Crippen LogP) is 18.7. The number of carbonyl (C=O) groups is 7. The molecule has 0 bridgehead atoms. The number of unbranched alkanes of at least 4 members (excludes halogenated alkanes) is 41. The van der Waals surface area contributed by atoms with Crippen molar-refractivity contribution in [3.05, 3.63) is 48.6 Å². The second-order valence-corrected chi connectivity index (χ2v) is 28.7. The van der Waals surface area contributed by atoms with Crippen molar-refractivity contribution in [1.29, 1.82) is 0 Å². The van der Waals surface area contributed by atoms with E-state index in [1.807, 2.05) is 0 Å². The van der Waals surface area contributed by atoms with E-state index in [0.717, 1.165) is 148 Å². The molecule has 0 aromatic rings. The Hall–Kier alpha value is -6.15. The van der Waals surface area contributed by atoms with Gasteiger partial charge in [-0.15, -0.1) is 0 Å². The highest BCUT2D eigenvalue weighted by molar-refractivity contribution is 5.94. The monoisotopic (exact) mass is 1470 g/mol. The van der Waals surface area contributed by atoms with E-state index in [-0.39, 0.29) is 44.9 Å². The number of hydrogen-bond acceptors (Lipinski definition) is 13. The molecule has 0 unspecified atom stereocenters. The summed E-state index contributed by atoms with van der Waals surface area (Å²) >= 11 is 0. The second-order valence-electron chi connectivity index (χ2n) is 28.7. The van der Waals surface area contributed by atoms with Gasteiger partial charge in [0.1, 0.15) is 18.1 Å². The molecule has 11 N–H and O–H groups in total. The van der Waals surface area contributed by atoms with Gasteiger partial charge in [0, 0.05) is 44.1 Å². The molecule has 0 aromatic heterocycles. The summed E-state index contributed by atoms with van der Waals surface area (Å²) in [5, 5.41) is 24.8. The molecule has 20 nitrogen and oxygen atoms in total. The standard InChI is InChI=1S/C85H155N13O7/c1-5-9-13-17-21-25-29-33-37-41-45-49-53-59-71-88-95-80(100)68-65-77(84(104)97-90-73-61-55-51-47-43-39-35-31-27-23-19-15-11-7-3)92-79(99)67-64-76(93-82(102)75(87)63-57-58-70-86)83(103)94-78(85(105)98-91-74-62-56-52-48-44-40-36-32-28-24-20-16-12-8-4)66-69-81(101)96-89-72-60-54-50-46-42-38-34-30-26-22-18-14-10-6-2/h25-32,71-78H,5-24,33-70,86-87H2,1-4H3,(H,92,99)(H,93,102)(H,94,103)(H,95,100)(H,96,101)(H,97,104)(H,98,105)/b29-25-,30-26-,31-27-,32-28-,88-71+,89-72+,90-73+,91-74+/t75-,76-,77-,78-/m0/s1. The van der Waals surface area contributed by atoms with Crippen LogP contribution in [0.1, 0.15) is 394 Å². The van der Waals surface area contributed by atoms with Gasteiger partial charge >= 0.3 is 0 Å². The summed E-state index contributed by atoms with van der Waals surface area (Å²) in [4.78, 5) is 96.3. The largest absolute Gasteiger partial charge is 0.344 e. The molecule has 0 rings (SSSR count). The first kappa shape index (κ1) is 98.8. The summed E-state index contributed by atoms with van der Waals surface area (Å²) in [6.45, 7) is 9.33. The minimum atomic E-state index is -1.39. The molecule has 0 spiro atoms. The Morgan fingerprint density at radius 3 is 0.819 bits per heavy atom. The van der Waals surface area contributed by atoms with Gasteiger partial charge in [-0.2, -0.15) is 20.4 Å². The topological polar surface area (TPSA) is 305 Å². The number of carbonyl (C=O) groups excluding carboxylic acids is 7. The Labute approximate surface area is 639 Å². The second kappa shape index (κ2) is 78.9. The zero-order chi connectivity index (χ0) is 76.6. The van der Waals surface area contributed by atoms with Crippen LogP contribution in [0.4, 0.5) is 0 Å². The fourth-order valence-corrected chi connectivity index (χ4v) is 11.9. The molecule has 4 atom stereocenters. The van der Waals surface area contributed by atoms with Crippen LogP contribution in [0.15, 0.2) is 69.0 Å². The maximum absolute atomic E-state index is 14.5. The Morgan fingerprint density at radius 1 is 0.267 bits per heavy atom. The lowest BCUT2D eigenvalue weighted by molar-refractivity contribution is -0.133. The number of hydrazone groups is 4. The molecular formula is C85H155N13O7. The van der Waals surface area contributed by atoms with E-state index >= 15 is 0 Å². The maximum Gasteiger partial charge on any atom is 0.262 e. The number of nitrogens with two attached hydrogens (primary N) is 2. The van der Waals surface area contributed by atoms with Crippen LogP contribution in [0.5, 0.6) is 0 Å². The molecular weight excluding hydrogens is 1320 g/mol. The summed E-state index contributed by atoms with van der Waals surface area (Å²) in [5.41, 5.74) is 22.3. The van der Waals surface area contributed by atoms with Gasteiger partial charge in [-0.1, -0.05) is 237 Å². The average molecular weight is 1470 g/mol. The van der Waals surface area contributed by atoms with Gasteiger partial charge in [-0.05, 0) is 193 Å². The summed E-state index contributed by atoms with van der Waals surface area (Å²) in [6.07, 6.45) is 79.1. The van der Waals surface area contributed by atoms with Crippen molar-refractivity contribution in [2.24, 2.45) is 31.9 Å². The first-order valence-corrected chi connectivity index (χ1v) is 42.6. The van der Waals surface area contributed by atoms with Crippen molar-refractivity contribution in [1.82, 2.24) is 37.7 Å². The highest BCUT2D eigenvalue weighted by atomic mass is 16.2. The maximum atomic E-state index is 14.5. The highest BCUT2D eigenvalue weighted by Gasteiger charge is 2.30. The Morgan fingerprint density at radius 2 is 0.514 bits per heavy atom. The lowest BCUT2D eigenvalue weighted by atomic mass is 10.0. The fraction of sp³-hybridized carbons (Fsp3) is 0.776. The van der Waals surface area contributed by atoms with Gasteiger partial charge in [0.25, 0.3) is 11.8 Å². The van der Waals surface area contributed by atoms with E-state index in [1.165, 1.54) is 135 Å². The number of rotatable bonds is 76. The van der Waals surface area contributed by atoms with Crippen LogP contribution in [0.25, 0.3) is 0 Å². The average Bonchev–Trinajstić information content (AvgIpc) is 0.878. The molecule has 0 heterocycles. The van der Waals surface area contributed by atoms with Crippen molar-refractivity contribution in [2.75, 3.05) is 6.54 Å². The van der Waals surface area contributed by atoms with Gasteiger partial charge in [0.2, 0.25) is 29.5 Å². The smallest absolute Gasteiger partial charge is 0.262 e. The molecule has 7 amide bonds. The van der Waals surface area contributed by atoms with E-state index in [0.29, 0.717) is 45.1 Å². The zero-order valence-corrected chi connectivity index (χ0v) is 67.1. The van der Waals surface area contributed by atoms with Crippen LogP contribution < -0.4 is 49.1 Å². The van der Waals surface area contributed by atoms with E-state index in [4.69, 9.17) is 11.5 Å². The van der Waals surface area contributed by atoms with Crippen molar-refractivity contribution < 1.29 is 33.6 Å². The van der Waals surface area contributed by atoms with Gasteiger partial charge in [-0.25, -0.2) is 21.7 Å². The fourth-order valence-electron chi connectivity index (χ4n) is 11.9. The van der Waals surface area contributed by atoms with E-state index in [2.05, 4.69) is 134 Å². The molecule has 0 fully saturated rings. The van der Waals surface area contributed by atoms with Crippen LogP contribution in [0.3, 0.4) is 0 Å². The molecule has 602 valence electrons. The van der Waals surface area contributed by atoms with Crippen molar-refractivity contribution in [3.8, 4) is 0 Å². The molecule has 0 aliphatic heterocycles. The van der Waals surface area contributed by atoms with Crippen LogP contribution in [-0.2, 0) is 33.6 Å². The lowest BCUT2D eigenvalue weighted by Crippen LogP contribution is -2.56. The van der Waals surface area contributed by atoms with Gasteiger partial charge in [-0.3, -0.25) is 33.6 Å². The van der Waals surface area contributed by atoms with Gasteiger partial charge in [0.05, 0.1) is 6.04 Å². The SMILES string of the molecule is CCCCCC/C=C\CCCCCCC/C=N/NC(=O)CC[C@H](NC(=O)CC[C@H](NC(=O)[C@@H](N)CCCCN)C(=O)N[C@@H](CCC(=O)N/N=C/CCCCCCC/C=C\CCCCCC)C(=O)N/N=C/CCCCCCC/C=C\CCCCCC)C(=O)N/N=C/CCCCCCC/C=C\CCCCCC. The van der Waals surface area contributed by atoms with Gasteiger partial charge < -0.3 is 27.4 Å². The third kappa shape index (κ3) is 69.4. The number of nitrogens with zero attached hydrogens (tertiary/aromatic N) is 4.